The summed E-state index contributed by atoms with van der Waals surface area (Å²) in [6.07, 6.45) is 7.60. The molecule has 0 N–H and O–H groups in total. The van der Waals surface area contributed by atoms with E-state index in [4.69, 9.17) is 0 Å². The maximum absolute atomic E-state index is 2.50. The van der Waals surface area contributed by atoms with E-state index in [0.29, 0.717) is 0 Å². The number of hydrogen-bond acceptors (Lipinski definition) is 0. The van der Waals surface area contributed by atoms with Crippen LogP contribution in [0.25, 0.3) is 0 Å². The average molecular weight is 130 g/mol. The van der Waals surface area contributed by atoms with Gasteiger partial charge in [0, 0.05) is 0 Å². The van der Waals surface area contributed by atoms with Crippen LogP contribution in [0.1, 0.15) is 39.0 Å². The van der Waals surface area contributed by atoms with E-state index in [1.165, 1.54) is 32.1 Å². The van der Waals surface area contributed by atoms with Gasteiger partial charge in [-0.1, -0.05) is 0 Å². The van der Waals surface area contributed by atoms with Crippen LogP contribution in [0, 0.1) is 11.8 Å². The zero-order valence-electron chi connectivity index (χ0n) is 7.19. The van der Waals surface area contributed by atoms with E-state index in [1.54, 1.807) is 0 Å². The zero-order chi connectivity index (χ0) is 7.19. The Labute approximate surface area is 73.0 Å². The minimum atomic E-state index is 0.753. The van der Waals surface area contributed by atoms with Crippen molar-refractivity contribution in [3.63, 3.8) is 0 Å². The van der Waals surface area contributed by atoms with Crippen LogP contribution in [0.3, 0.4) is 0 Å². The molecule has 1 heteroatoms. The van der Waals surface area contributed by atoms with Crippen molar-refractivity contribution in [1.29, 1.82) is 0 Å². The van der Waals surface area contributed by atoms with Crippen molar-refractivity contribution in [3.05, 3.63) is 0 Å². The molecule has 0 radical (unpaired) electrons. The first-order chi connectivity index (χ1) is 4.71. The molecule has 0 amide bonds. The van der Waals surface area contributed by atoms with E-state index in [-0.39, 0.29) is 0 Å². The standard InChI is InChI=1S/C9H15.Li/c1-7-2-3-8-4-5-9(7)6-8;/h7-8H,2-6H2,1H3;. The Morgan fingerprint density at radius 3 is 2.80 bits per heavy atom. The van der Waals surface area contributed by atoms with Crippen molar-refractivity contribution in [2.24, 2.45) is 11.8 Å². The normalized spacial score (nSPS) is 53.5. The van der Waals surface area contributed by atoms with Gasteiger partial charge in [-0.25, -0.2) is 0 Å². The predicted molar refractivity (Wildman–Crippen MR) is 44.2 cm³/mol. The third-order valence-electron chi connectivity index (χ3n) is 4.08. The summed E-state index contributed by atoms with van der Waals surface area (Å²) < 4.78 is 0.753. The molecule has 2 rings (SSSR count). The van der Waals surface area contributed by atoms with Gasteiger partial charge in [-0.3, -0.25) is 0 Å². The second-order valence-corrected chi connectivity index (χ2v) is 4.74. The molecule has 10 heavy (non-hydrogen) atoms. The molecule has 2 fully saturated rings. The third-order valence-corrected chi connectivity index (χ3v) is 4.08. The summed E-state index contributed by atoms with van der Waals surface area (Å²) in [5, 5.41) is 0. The summed E-state index contributed by atoms with van der Waals surface area (Å²) >= 11 is 2.50. The van der Waals surface area contributed by atoms with Gasteiger partial charge < -0.3 is 0 Å². The quantitative estimate of drug-likeness (QED) is 0.442. The first-order valence-corrected chi connectivity index (χ1v) is 4.71. The number of hydrogen-bond donors (Lipinski definition) is 0. The fourth-order valence-electron chi connectivity index (χ4n) is 2.93. The summed E-state index contributed by atoms with van der Waals surface area (Å²) in [5.41, 5.74) is 0. The second-order valence-electron chi connectivity index (χ2n) is 4.74. The van der Waals surface area contributed by atoms with Crippen LogP contribution in [0.15, 0.2) is 0 Å². The van der Waals surface area contributed by atoms with E-state index in [0.717, 1.165) is 15.9 Å². The molecule has 0 aliphatic heterocycles. The fourth-order valence-corrected chi connectivity index (χ4v) is 2.93. The Bertz CT molecular complexity index is 142. The molecular weight excluding hydrogens is 115 g/mol. The molecule has 0 spiro atoms. The van der Waals surface area contributed by atoms with Gasteiger partial charge in [0.05, 0.1) is 0 Å². The van der Waals surface area contributed by atoms with Gasteiger partial charge in [-0.15, -0.1) is 0 Å². The molecule has 3 unspecified atom stereocenters. The number of fused-ring (bicyclic) bond motifs is 2. The van der Waals surface area contributed by atoms with Crippen LogP contribution in [-0.2, 0) is 0 Å². The Morgan fingerprint density at radius 2 is 2.10 bits per heavy atom. The Hall–Kier alpha value is 0.597. The third kappa shape index (κ3) is 0.972. The van der Waals surface area contributed by atoms with Crippen molar-refractivity contribution in [3.8, 4) is 0 Å². The molecule has 3 atom stereocenters. The van der Waals surface area contributed by atoms with Crippen LogP contribution >= 0.6 is 0 Å². The number of rotatable bonds is 0. The van der Waals surface area contributed by atoms with E-state index < -0.39 is 0 Å². The summed E-state index contributed by atoms with van der Waals surface area (Å²) in [4.78, 5) is 0. The SMILES string of the molecule is [Li][C]12CCC(CCC1C)C2. The van der Waals surface area contributed by atoms with Gasteiger partial charge in [-0.2, -0.15) is 0 Å². The Balaban J connectivity index is 2.17. The van der Waals surface area contributed by atoms with Crippen molar-refractivity contribution in [2.45, 2.75) is 43.1 Å². The summed E-state index contributed by atoms with van der Waals surface area (Å²) in [5.74, 6) is 2.12. The van der Waals surface area contributed by atoms with Crippen molar-refractivity contribution in [2.75, 3.05) is 0 Å². The van der Waals surface area contributed by atoms with Gasteiger partial charge in [0.2, 0.25) is 0 Å². The van der Waals surface area contributed by atoms with E-state index in [2.05, 4.69) is 24.6 Å². The molecule has 0 saturated heterocycles. The monoisotopic (exact) mass is 130 g/mol. The molecule has 0 aromatic heterocycles. The Kier molecular flexibility index (Phi) is 1.66. The van der Waals surface area contributed by atoms with Gasteiger partial charge >= 0.3 is 72.7 Å². The summed E-state index contributed by atoms with van der Waals surface area (Å²) in [6.45, 7) is 2.45. The topological polar surface area (TPSA) is 0 Å². The second kappa shape index (κ2) is 2.29. The van der Waals surface area contributed by atoms with Crippen LogP contribution in [0.5, 0.6) is 0 Å². The van der Waals surface area contributed by atoms with Gasteiger partial charge in [0.25, 0.3) is 0 Å². The molecular formula is C9H15Li. The van der Waals surface area contributed by atoms with Crippen molar-refractivity contribution >= 4 is 17.7 Å². The summed E-state index contributed by atoms with van der Waals surface area (Å²) in [6, 6.07) is 0. The maximum atomic E-state index is 2.50. The van der Waals surface area contributed by atoms with Gasteiger partial charge in [0.15, 0.2) is 0 Å². The molecule has 0 nitrogen and oxygen atoms in total. The van der Waals surface area contributed by atoms with Gasteiger partial charge in [-0.05, 0) is 0 Å². The molecule has 2 saturated carbocycles. The van der Waals surface area contributed by atoms with E-state index >= 15 is 0 Å². The van der Waals surface area contributed by atoms with Crippen LogP contribution in [0.4, 0.5) is 0 Å². The van der Waals surface area contributed by atoms with E-state index in [9.17, 15) is 0 Å². The van der Waals surface area contributed by atoms with Crippen LogP contribution < -0.4 is 0 Å². The van der Waals surface area contributed by atoms with Crippen LogP contribution in [0.2, 0.25) is 4.09 Å². The van der Waals surface area contributed by atoms with Crippen LogP contribution in [-0.4, -0.2) is 17.7 Å². The molecule has 0 heterocycles. The predicted octanol–water partition coefficient (Wildman–Crippen LogP) is 2.54. The molecule has 0 aromatic carbocycles. The Morgan fingerprint density at radius 1 is 1.30 bits per heavy atom. The van der Waals surface area contributed by atoms with E-state index in [1.807, 2.05) is 0 Å². The molecule has 2 bridgehead atoms. The average Bonchev–Trinajstić information content (AvgIpc) is 2.22. The summed E-state index contributed by atoms with van der Waals surface area (Å²) in [7, 11) is 0. The zero-order valence-corrected chi connectivity index (χ0v) is 7.19. The van der Waals surface area contributed by atoms with Crippen molar-refractivity contribution in [1.82, 2.24) is 0 Å². The fraction of sp³-hybridized carbons (Fsp3) is 1.00. The van der Waals surface area contributed by atoms with Gasteiger partial charge in [0.1, 0.15) is 0 Å². The van der Waals surface area contributed by atoms with Crippen molar-refractivity contribution < 1.29 is 0 Å². The first-order valence-electron chi connectivity index (χ1n) is 4.71. The first kappa shape index (κ1) is 7.26. The molecule has 52 valence electrons. The minimum absolute atomic E-state index is 0.753. The molecule has 0 aromatic rings. The molecule has 2 aliphatic carbocycles. The molecule has 2 aliphatic rings.